The smallest absolute Gasteiger partial charge is 0.322 e. The van der Waals surface area contributed by atoms with Crippen LogP contribution in [0, 0.1) is 0 Å². The van der Waals surface area contributed by atoms with Gasteiger partial charge in [0.1, 0.15) is 6.04 Å². The van der Waals surface area contributed by atoms with Crippen LogP contribution in [0.15, 0.2) is 12.3 Å². The molecule has 1 unspecified atom stereocenters. The summed E-state index contributed by atoms with van der Waals surface area (Å²) in [5, 5.41) is 16.3. The largest absolute Gasteiger partial charge is 0.480 e. The van der Waals surface area contributed by atoms with E-state index in [2.05, 4.69) is 10.4 Å². The summed E-state index contributed by atoms with van der Waals surface area (Å²) < 4.78 is 1.83. The molecule has 0 saturated carbocycles. The van der Waals surface area contributed by atoms with Crippen molar-refractivity contribution in [3.8, 4) is 0 Å². The van der Waals surface area contributed by atoms with E-state index in [0.29, 0.717) is 6.54 Å². The molecule has 0 aliphatic carbocycles. The maximum Gasteiger partial charge on any atom is 0.322 e. The predicted octanol–water partition coefficient (Wildman–Crippen LogP) is -0.679. The van der Waals surface area contributed by atoms with Gasteiger partial charge in [0, 0.05) is 51.5 Å². The number of aromatic nitrogens is 2. The quantitative estimate of drug-likeness (QED) is 0.727. The SMILES string of the molecule is Cn1nccc1CCN1CCNCC1C(=O)O. The Labute approximate surface area is 100 Å². The highest BCUT2D eigenvalue weighted by atomic mass is 16.4. The van der Waals surface area contributed by atoms with Crippen molar-refractivity contribution in [2.75, 3.05) is 26.2 Å². The van der Waals surface area contributed by atoms with E-state index in [4.69, 9.17) is 5.11 Å². The highest BCUT2D eigenvalue weighted by Crippen LogP contribution is 2.06. The van der Waals surface area contributed by atoms with Gasteiger partial charge in [-0.25, -0.2) is 0 Å². The molecule has 0 bridgehead atoms. The molecule has 94 valence electrons. The highest BCUT2D eigenvalue weighted by Gasteiger charge is 2.27. The molecule has 1 aliphatic heterocycles. The van der Waals surface area contributed by atoms with Gasteiger partial charge in [0.25, 0.3) is 0 Å². The van der Waals surface area contributed by atoms with Gasteiger partial charge in [-0.2, -0.15) is 5.10 Å². The van der Waals surface area contributed by atoms with E-state index in [1.807, 2.05) is 22.7 Å². The molecular formula is C11H18N4O2. The summed E-state index contributed by atoms with van der Waals surface area (Å²) in [5.41, 5.74) is 1.13. The first-order valence-electron chi connectivity index (χ1n) is 5.83. The van der Waals surface area contributed by atoms with Crippen LogP contribution in [0.2, 0.25) is 0 Å². The molecule has 1 aromatic rings. The number of nitrogens with zero attached hydrogens (tertiary/aromatic N) is 3. The summed E-state index contributed by atoms with van der Waals surface area (Å²) in [7, 11) is 1.90. The van der Waals surface area contributed by atoms with Crippen LogP contribution < -0.4 is 5.32 Å². The molecule has 2 N–H and O–H groups in total. The molecule has 0 aromatic carbocycles. The van der Waals surface area contributed by atoms with Crippen molar-refractivity contribution in [3.63, 3.8) is 0 Å². The average Bonchev–Trinajstić information content (AvgIpc) is 2.72. The van der Waals surface area contributed by atoms with Crippen molar-refractivity contribution >= 4 is 5.97 Å². The Morgan fingerprint density at radius 3 is 3.18 bits per heavy atom. The lowest BCUT2D eigenvalue weighted by Gasteiger charge is -2.33. The van der Waals surface area contributed by atoms with Crippen LogP contribution in [0.5, 0.6) is 0 Å². The second-order valence-corrected chi connectivity index (χ2v) is 4.29. The average molecular weight is 238 g/mol. The second kappa shape index (κ2) is 5.29. The lowest BCUT2D eigenvalue weighted by Crippen LogP contribution is -2.55. The highest BCUT2D eigenvalue weighted by molar-refractivity contribution is 5.73. The van der Waals surface area contributed by atoms with Crippen LogP contribution in [-0.2, 0) is 18.3 Å². The Bertz CT molecular complexity index is 391. The fourth-order valence-corrected chi connectivity index (χ4v) is 2.16. The van der Waals surface area contributed by atoms with Gasteiger partial charge >= 0.3 is 5.97 Å². The molecule has 1 saturated heterocycles. The van der Waals surface area contributed by atoms with Gasteiger partial charge in [0.2, 0.25) is 0 Å². The molecule has 1 atom stereocenters. The molecular weight excluding hydrogens is 220 g/mol. The molecule has 0 radical (unpaired) electrons. The zero-order valence-corrected chi connectivity index (χ0v) is 9.96. The Morgan fingerprint density at radius 2 is 2.53 bits per heavy atom. The van der Waals surface area contributed by atoms with Gasteiger partial charge in [0.15, 0.2) is 0 Å². The number of piperazine rings is 1. The van der Waals surface area contributed by atoms with E-state index < -0.39 is 12.0 Å². The third-order valence-electron chi connectivity index (χ3n) is 3.22. The summed E-state index contributed by atoms with van der Waals surface area (Å²) in [4.78, 5) is 13.1. The Morgan fingerprint density at radius 1 is 1.71 bits per heavy atom. The first kappa shape index (κ1) is 12.1. The van der Waals surface area contributed by atoms with Crippen molar-refractivity contribution in [2.24, 2.45) is 7.05 Å². The number of aliphatic carboxylic acids is 1. The van der Waals surface area contributed by atoms with Gasteiger partial charge in [-0.15, -0.1) is 0 Å². The predicted molar refractivity (Wildman–Crippen MR) is 62.8 cm³/mol. The van der Waals surface area contributed by atoms with E-state index in [-0.39, 0.29) is 0 Å². The summed E-state index contributed by atoms with van der Waals surface area (Å²) in [6.45, 7) is 2.93. The van der Waals surface area contributed by atoms with Gasteiger partial charge < -0.3 is 10.4 Å². The fraction of sp³-hybridized carbons (Fsp3) is 0.636. The summed E-state index contributed by atoms with van der Waals surface area (Å²) in [5.74, 6) is -0.748. The van der Waals surface area contributed by atoms with Gasteiger partial charge in [-0.3, -0.25) is 14.4 Å². The minimum Gasteiger partial charge on any atom is -0.480 e. The van der Waals surface area contributed by atoms with Crippen molar-refractivity contribution in [2.45, 2.75) is 12.5 Å². The third kappa shape index (κ3) is 2.83. The Balaban J connectivity index is 1.92. The molecule has 1 aromatic heterocycles. The number of carboxylic acids is 1. The minimum absolute atomic E-state index is 0.406. The summed E-state index contributed by atoms with van der Waals surface area (Å²) >= 11 is 0. The number of hydrogen-bond acceptors (Lipinski definition) is 4. The van der Waals surface area contributed by atoms with Crippen molar-refractivity contribution in [1.29, 1.82) is 0 Å². The molecule has 0 amide bonds. The monoisotopic (exact) mass is 238 g/mol. The van der Waals surface area contributed by atoms with Gasteiger partial charge in [-0.05, 0) is 6.07 Å². The minimum atomic E-state index is -0.748. The third-order valence-corrected chi connectivity index (χ3v) is 3.22. The number of carboxylic acid groups (broad SMARTS) is 1. The number of nitrogens with one attached hydrogen (secondary N) is 1. The normalized spacial score (nSPS) is 21.6. The maximum absolute atomic E-state index is 11.1. The van der Waals surface area contributed by atoms with E-state index in [9.17, 15) is 4.79 Å². The van der Waals surface area contributed by atoms with E-state index in [0.717, 1.165) is 31.7 Å². The van der Waals surface area contributed by atoms with Crippen LogP contribution in [0.4, 0.5) is 0 Å². The Hall–Kier alpha value is -1.40. The lowest BCUT2D eigenvalue weighted by atomic mass is 10.1. The second-order valence-electron chi connectivity index (χ2n) is 4.29. The van der Waals surface area contributed by atoms with Gasteiger partial charge in [0.05, 0.1) is 0 Å². The number of aryl methyl sites for hydroxylation is 1. The zero-order chi connectivity index (χ0) is 12.3. The van der Waals surface area contributed by atoms with Crippen molar-refractivity contribution in [1.82, 2.24) is 20.0 Å². The summed E-state index contributed by atoms with van der Waals surface area (Å²) in [6, 6.07) is 1.56. The topological polar surface area (TPSA) is 70.4 Å². The van der Waals surface area contributed by atoms with E-state index in [1.165, 1.54) is 0 Å². The molecule has 6 heteroatoms. The van der Waals surface area contributed by atoms with Crippen molar-refractivity contribution in [3.05, 3.63) is 18.0 Å². The molecule has 6 nitrogen and oxygen atoms in total. The van der Waals surface area contributed by atoms with E-state index >= 15 is 0 Å². The molecule has 1 fully saturated rings. The molecule has 2 rings (SSSR count). The van der Waals surface area contributed by atoms with Crippen LogP contribution in [0.3, 0.4) is 0 Å². The standard InChI is InChI=1S/C11H18N4O2/c1-14-9(2-4-13-14)3-6-15-7-5-12-8-10(15)11(16)17/h2,4,10,12H,3,5-8H2,1H3,(H,16,17). The van der Waals surface area contributed by atoms with Crippen LogP contribution in [0.25, 0.3) is 0 Å². The fourth-order valence-electron chi connectivity index (χ4n) is 2.16. The lowest BCUT2D eigenvalue weighted by molar-refractivity contribution is -0.143. The number of carbonyl (C=O) groups is 1. The van der Waals surface area contributed by atoms with Crippen LogP contribution >= 0.6 is 0 Å². The first-order chi connectivity index (χ1) is 8.18. The van der Waals surface area contributed by atoms with E-state index in [1.54, 1.807) is 6.20 Å². The number of rotatable bonds is 4. The van der Waals surface area contributed by atoms with Crippen LogP contribution in [-0.4, -0.2) is 58.0 Å². The summed E-state index contributed by atoms with van der Waals surface area (Å²) in [6.07, 6.45) is 2.60. The first-order valence-corrected chi connectivity index (χ1v) is 5.83. The zero-order valence-electron chi connectivity index (χ0n) is 9.96. The van der Waals surface area contributed by atoms with Crippen molar-refractivity contribution < 1.29 is 9.90 Å². The molecule has 17 heavy (non-hydrogen) atoms. The molecule has 2 heterocycles. The van der Waals surface area contributed by atoms with Gasteiger partial charge in [-0.1, -0.05) is 0 Å². The Kier molecular flexibility index (Phi) is 3.75. The maximum atomic E-state index is 11.1. The number of hydrogen-bond donors (Lipinski definition) is 2. The van der Waals surface area contributed by atoms with Crippen LogP contribution in [0.1, 0.15) is 5.69 Å². The molecule has 1 aliphatic rings. The molecule has 0 spiro atoms.